The molecule has 0 aliphatic rings. The van der Waals surface area contributed by atoms with Gasteiger partial charge in [-0.25, -0.2) is 9.97 Å². The van der Waals surface area contributed by atoms with Crippen LogP contribution in [0, 0.1) is 0 Å². The number of nitrogens with zero attached hydrogens (tertiary/aromatic N) is 3. The van der Waals surface area contributed by atoms with E-state index in [4.69, 9.17) is 0 Å². The summed E-state index contributed by atoms with van der Waals surface area (Å²) in [6.45, 7) is 8.75. The van der Waals surface area contributed by atoms with E-state index in [0.717, 1.165) is 44.0 Å². The highest BCUT2D eigenvalue weighted by molar-refractivity contribution is 5.57. The predicted octanol–water partition coefficient (Wildman–Crippen LogP) is 3.00. The van der Waals surface area contributed by atoms with Crippen molar-refractivity contribution >= 4 is 11.6 Å². The standard InChI is InChI=1S/C16H31N5/c1-6-9-14-15(17-4)19-12-20-16(14)18-10-7-8-11-21(5)13(2)3/h12-13H,6-11H2,1-5H3,(H2,17,18,19,20). The van der Waals surface area contributed by atoms with Gasteiger partial charge in [0, 0.05) is 25.2 Å². The molecule has 0 aliphatic carbocycles. The Morgan fingerprint density at radius 3 is 2.52 bits per heavy atom. The second-order valence-corrected chi connectivity index (χ2v) is 5.76. The van der Waals surface area contributed by atoms with Gasteiger partial charge in [-0.15, -0.1) is 0 Å². The van der Waals surface area contributed by atoms with Crippen molar-refractivity contribution < 1.29 is 0 Å². The number of anilines is 2. The van der Waals surface area contributed by atoms with E-state index in [1.165, 1.54) is 12.0 Å². The Bertz CT molecular complexity index is 406. The summed E-state index contributed by atoms with van der Waals surface area (Å²) in [5.41, 5.74) is 1.20. The normalized spacial score (nSPS) is 11.2. The van der Waals surface area contributed by atoms with Crippen LogP contribution in [0.1, 0.15) is 45.6 Å². The van der Waals surface area contributed by atoms with Crippen LogP contribution in [0.5, 0.6) is 0 Å². The Hall–Kier alpha value is -1.36. The lowest BCUT2D eigenvalue weighted by atomic mass is 10.1. The molecule has 0 saturated heterocycles. The lowest BCUT2D eigenvalue weighted by molar-refractivity contribution is 0.269. The number of hydrogen-bond acceptors (Lipinski definition) is 5. The Labute approximate surface area is 129 Å². The first-order valence-corrected chi connectivity index (χ1v) is 8.05. The molecule has 2 N–H and O–H groups in total. The quantitative estimate of drug-likeness (QED) is 0.650. The molecular weight excluding hydrogens is 262 g/mol. The van der Waals surface area contributed by atoms with Crippen molar-refractivity contribution in [1.82, 2.24) is 14.9 Å². The highest BCUT2D eigenvalue weighted by Gasteiger charge is 2.09. The zero-order valence-electron chi connectivity index (χ0n) is 14.2. The molecule has 1 heterocycles. The van der Waals surface area contributed by atoms with Crippen LogP contribution >= 0.6 is 0 Å². The smallest absolute Gasteiger partial charge is 0.134 e. The maximum atomic E-state index is 4.39. The van der Waals surface area contributed by atoms with Crippen molar-refractivity contribution in [2.75, 3.05) is 37.8 Å². The van der Waals surface area contributed by atoms with Crippen LogP contribution in [0.3, 0.4) is 0 Å². The minimum Gasteiger partial charge on any atom is -0.373 e. The second-order valence-electron chi connectivity index (χ2n) is 5.76. The van der Waals surface area contributed by atoms with Gasteiger partial charge in [0.25, 0.3) is 0 Å². The van der Waals surface area contributed by atoms with Crippen molar-refractivity contribution in [2.45, 2.75) is 52.5 Å². The first-order chi connectivity index (χ1) is 10.1. The second kappa shape index (κ2) is 9.55. The molecular formula is C16H31N5. The SMILES string of the molecule is CCCc1c(NC)ncnc1NCCCCN(C)C(C)C. The molecule has 0 saturated carbocycles. The van der Waals surface area contributed by atoms with Gasteiger partial charge in [0.2, 0.25) is 0 Å². The topological polar surface area (TPSA) is 53.1 Å². The van der Waals surface area contributed by atoms with Crippen LogP contribution in [0.25, 0.3) is 0 Å². The Morgan fingerprint density at radius 1 is 1.19 bits per heavy atom. The minimum atomic E-state index is 0.620. The van der Waals surface area contributed by atoms with Gasteiger partial charge >= 0.3 is 0 Å². The lowest BCUT2D eigenvalue weighted by Crippen LogP contribution is -2.27. The van der Waals surface area contributed by atoms with Gasteiger partial charge in [0.05, 0.1) is 0 Å². The summed E-state index contributed by atoms with van der Waals surface area (Å²) in [4.78, 5) is 11.1. The summed E-state index contributed by atoms with van der Waals surface area (Å²) in [7, 11) is 4.09. The molecule has 0 fully saturated rings. The molecule has 0 bridgehead atoms. The number of nitrogens with one attached hydrogen (secondary N) is 2. The third-order valence-electron chi connectivity index (χ3n) is 3.79. The maximum Gasteiger partial charge on any atom is 0.134 e. The van der Waals surface area contributed by atoms with Gasteiger partial charge in [-0.1, -0.05) is 13.3 Å². The Kier molecular flexibility index (Phi) is 8.05. The van der Waals surface area contributed by atoms with E-state index in [1.54, 1.807) is 6.33 Å². The molecule has 0 amide bonds. The largest absolute Gasteiger partial charge is 0.373 e. The molecule has 0 aliphatic heterocycles. The van der Waals surface area contributed by atoms with Crippen LogP contribution in [0.15, 0.2) is 6.33 Å². The first kappa shape index (κ1) is 17.7. The van der Waals surface area contributed by atoms with E-state index in [1.807, 2.05) is 7.05 Å². The van der Waals surface area contributed by atoms with Crippen molar-refractivity contribution in [1.29, 1.82) is 0 Å². The summed E-state index contributed by atoms with van der Waals surface area (Å²) in [6.07, 6.45) is 6.07. The Morgan fingerprint density at radius 2 is 1.90 bits per heavy atom. The number of aromatic nitrogens is 2. The number of hydrogen-bond donors (Lipinski definition) is 2. The third-order valence-corrected chi connectivity index (χ3v) is 3.79. The molecule has 1 aromatic rings. The summed E-state index contributed by atoms with van der Waals surface area (Å²) < 4.78 is 0. The minimum absolute atomic E-state index is 0.620. The van der Waals surface area contributed by atoms with Crippen LogP contribution in [-0.2, 0) is 6.42 Å². The molecule has 1 rings (SSSR count). The summed E-state index contributed by atoms with van der Waals surface area (Å²) in [5.74, 6) is 1.92. The average Bonchev–Trinajstić information content (AvgIpc) is 2.48. The van der Waals surface area contributed by atoms with E-state index in [9.17, 15) is 0 Å². The molecule has 0 atom stereocenters. The Balaban J connectivity index is 2.44. The predicted molar refractivity (Wildman–Crippen MR) is 91.1 cm³/mol. The van der Waals surface area contributed by atoms with Gasteiger partial charge in [0.1, 0.15) is 18.0 Å². The molecule has 120 valence electrons. The third kappa shape index (κ3) is 5.87. The van der Waals surface area contributed by atoms with E-state index >= 15 is 0 Å². The van der Waals surface area contributed by atoms with Gasteiger partial charge < -0.3 is 15.5 Å². The molecule has 5 nitrogen and oxygen atoms in total. The van der Waals surface area contributed by atoms with Gasteiger partial charge in [-0.2, -0.15) is 0 Å². The van der Waals surface area contributed by atoms with Crippen molar-refractivity contribution in [3.05, 3.63) is 11.9 Å². The van der Waals surface area contributed by atoms with Gasteiger partial charge in [-0.3, -0.25) is 0 Å². The van der Waals surface area contributed by atoms with Crippen LogP contribution in [0.4, 0.5) is 11.6 Å². The van der Waals surface area contributed by atoms with E-state index in [-0.39, 0.29) is 0 Å². The van der Waals surface area contributed by atoms with Crippen LogP contribution in [0.2, 0.25) is 0 Å². The zero-order chi connectivity index (χ0) is 15.7. The van der Waals surface area contributed by atoms with Crippen LogP contribution < -0.4 is 10.6 Å². The average molecular weight is 293 g/mol. The van der Waals surface area contributed by atoms with E-state index in [0.29, 0.717) is 6.04 Å². The highest BCUT2D eigenvalue weighted by atomic mass is 15.1. The fraction of sp³-hybridized carbons (Fsp3) is 0.750. The molecule has 0 aromatic carbocycles. The van der Waals surface area contributed by atoms with E-state index < -0.39 is 0 Å². The van der Waals surface area contributed by atoms with Crippen molar-refractivity contribution in [2.24, 2.45) is 0 Å². The van der Waals surface area contributed by atoms with Crippen molar-refractivity contribution in [3.8, 4) is 0 Å². The fourth-order valence-corrected chi connectivity index (χ4v) is 2.22. The highest BCUT2D eigenvalue weighted by Crippen LogP contribution is 2.21. The zero-order valence-corrected chi connectivity index (χ0v) is 14.2. The summed E-state index contributed by atoms with van der Waals surface area (Å²) in [5, 5.41) is 6.62. The molecule has 5 heteroatoms. The fourth-order valence-electron chi connectivity index (χ4n) is 2.22. The maximum absolute atomic E-state index is 4.39. The number of unbranched alkanes of at least 4 members (excludes halogenated alkanes) is 1. The lowest BCUT2D eigenvalue weighted by Gasteiger charge is -2.20. The molecule has 0 unspecified atom stereocenters. The van der Waals surface area contributed by atoms with Gasteiger partial charge in [-0.05, 0) is 46.7 Å². The summed E-state index contributed by atoms with van der Waals surface area (Å²) in [6, 6.07) is 0.620. The number of rotatable bonds is 10. The molecule has 21 heavy (non-hydrogen) atoms. The molecule has 1 aromatic heterocycles. The van der Waals surface area contributed by atoms with E-state index in [2.05, 4.69) is 53.3 Å². The summed E-state index contributed by atoms with van der Waals surface area (Å²) >= 11 is 0. The monoisotopic (exact) mass is 293 g/mol. The van der Waals surface area contributed by atoms with Crippen molar-refractivity contribution in [3.63, 3.8) is 0 Å². The van der Waals surface area contributed by atoms with Gasteiger partial charge in [0.15, 0.2) is 0 Å². The molecule has 0 spiro atoms. The molecule has 0 radical (unpaired) electrons. The first-order valence-electron chi connectivity index (χ1n) is 8.05. The van der Waals surface area contributed by atoms with Crippen LogP contribution in [-0.4, -0.2) is 48.1 Å².